The summed E-state index contributed by atoms with van der Waals surface area (Å²) in [5.74, 6) is 0. The highest BCUT2D eigenvalue weighted by atomic mass is 28.4. The molecule has 0 bridgehead atoms. The Labute approximate surface area is 123 Å². The number of rotatable bonds is 7. The number of ether oxygens (including phenoxy) is 1. The summed E-state index contributed by atoms with van der Waals surface area (Å²) in [5, 5.41) is 0. The number of nitrogens with zero attached hydrogens (tertiary/aromatic N) is 2. The molecule has 116 valence electrons. The molecular formula is C14H28N2O3Si. The van der Waals surface area contributed by atoms with Crippen molar-refractivity contribution in [1.29, 1.82) is 0 Å². The van der Waals surface area contributed by atoms with Gasteiger partial charge >= 0.3 is 8.56 Å². The van der Waals surface area contributed by atoms with Gasteiger partial charge in [0.05, 0.1) is 0 Å². The molecule has 0 aromatic carbocycles. The third kappa shape index (κ3) is 4.10. The van der Waals surface area contributed by atoms with E-state index in [2.05, 4.69) is 0 Å². The highest BCUT2D eigenvalue weighted by Gasteiger charge is 2.41. The fourth-order valence-corrected chi connectivity index (χ4v) is 6.60. The molecule has 0 aromatic rings. The van der Waals surface area contributed by atoms with E-state index in [1.165, 1.54) is 4.70 Å². The molecule has 5 nitrogen and oxygen atoms in total. The molecule has 2 aliphatic heterocycles. The zero-order chi connectivity index (χ0) is 14.4. The molecule has 0 aromatic heterocycles. The molecule has 2 aliphatic rings. The number of hydrogen-bond donors (Lipinski definition) is 0. The van der Waals surface area contributed by atoms with Crippen molar-refractivity contribution in [3.8, 4) is 0 Å². The Morgan fingerprint density at radius 3 is 2.75 bits per heavy atom. The lowest BCUT2D eigenvalue weighted by Crippen LogP contribution is -2.47. The number of methoxy groups -OCH3 is 1. The van der Waals surface area contributed by atoms with Crippen LogP contribution in [0, 0.1) is 0 Å². The second kappa shape index (κ2) is 7.63. The molecule has 20 heavy (non-hydrogen) atoms. The fraction of sp³-hybridized carbons (Fsp3) is 1.00. The molecule has 0 N–H and O–H groups in total. The van der Waals surface area contributed by atoms with Gasteiger partial charge in [-0.25, -0.2) is 0 Å². The second-order valence-electron chi connectivity index (χ2n) is 6.00. The van der Waals surface area contributed by atoms with Gasteiger partial charge in [-0.1, -0.05) is 6.42 Å². The summed E-state index contributed by atoms with van der Waals surface area (Å²) in [6.45, 7) is 0.833. The predicted octanol–water partition coefficient (Wildman–Crippen LogP) is 3.22. The molecule has 0 saturated carbocycles. The maximum Gasteiger partial charge on any atom is 0.339 e. The molecule has 0 aliphatic carbocycles. The van der Waals surface area contributed by atoms with Gasteiger partial charge in [-0.05, 0) is 31.4 Å². The van der Waals surface area contributed by atoms with E-state index in [9.17, 15) is 5.53 Å². The van der Waals surface area contributed by atoms with Crippen molar-refractivity contribution in [2.24, 2.45) is 0 Å². The fourth-order valence-electron chi connectivity index (χ4n) is 3.39. The lowest BCUT2D eigenvalue weighted by molar-refractivity contribution is -0.565. The molecule has 2 rings (SSSR count). The third-order valence-corrected chi connectivity index (χ3v) is 8.34. The van der Waals surface area contributed by atoms with Crippen LogP contribution >= 0.6 is 0 Å². The van der Waals surface area contributed by atoms with Gasteiger partial charge in [0.1, 0.15) is 18.9 Å². The summed E-state index contributed by atoms with van der Waals surface area (Å²) < 4.78 is 18.7. The van der Waals surface area contributed by atoms with Crippen LogP contribution in [0.2, 0.25) is 12.1 Å². The molecule has 3 unspecified atom stereocenters. The zero-order valence-electron chi connectivity index (χ0n) is 12.8. The van der Waals surface area contributed by atoms with Crippen molar-refractivity contribution in [1.82, 2.24) is 0 Å². The highest BCUT2D eigenvalue weighted by molar-refractivity contribution is 6.67. The first-order valence-corrected chi connectivity index (χ1v) is 10.1. The standard InChI is InChI=1S/C14H28N2O3Si/c1-17-14-9-6-12-20(18-2,19-14)11-4-3-7-13-8-5-10-16(13)15/h13-14H,3-12H2,1-2H3. The maximum absolute atomic E-state index is 9.68. The Hall–Kier alpha value is -0.303. The first-order chi connectivity index (χ1) is 9.69. The van der Waals surface area contributed by atoms with Crippen LogP contribution in [0.3, 0.4) is 0 Å². The highest BCUT2D eigenvalue weighted by Crippen LogP contribution is 2.32. The van der Waals surface area contributed by atoms with Crippen molar-refractivity contribution in [2.45, 2.75) is 69.4 Å². The van der Waals surface area contributed by atoms with Gasteiger partial charge in [-0.15, -0.1) is 0 Å². The van der Waals surface area contributed by atoms with E-state index in [0.29, 0.717) is 6.04 Å². The molecule has 0 radical (unpaired) electrons. The maximum atomic E-state index is 9.68. The van der Waals surface area contributed by atoms with Gasteiger partial charge in [0.25, 0.3) is 0 Å². The van der Waals surface area contributed by atoms with Crippen molar-refractivity contribution in [3.63, 3.8) is 0 Å². The van der Waals surface area contributed by atoms with Crippen LogP contribution in [0.5, 0.6) is 0 Å². The number of unbranched alkanes of at least 4 members (excludes halogenated alkanes) is 1. The van der Waals surface area contributed by atoms with Crippen LogP contribution < -0.4 is 0 Å². The molecule has 2 heterocycles. The van der Waals surface area contributed by atoms with Gasteiger partial charge < -0.3 is 23.8 Å². The first kappa shape index (κ1) is 16.1. The molecule has 6 heteroatoms. The Bertz CT molecular complexity index is 330. The molecule has 0 spiro atoms. The molecule has 2 fully saturated rings. The van der Waals surface area contributed by atoms with Crippen molar-refractivity contribution in [2.75, 3.05) is 20.8 Å². The topological polar surface area (TPSA) is 53.0 Å². The minimum atomic E-state index is -2.04. The Morgan fingerprint density at radius 2 is 2.10 bits per heavy atom. The summed E-state index contributed by atoms with van der Waals surface area (Å²) >= 11 is 0. The van der Waals surface area contributed by atoms with E-state index in [1.807, 2.05) is 0 Å². The van der Waals surface area contributed by atoms with E-state index in [-0.39, 0.29) is 6.29 Å². The quantitative estimate of drug-likeness (QED) is 0.412. The van der Waals surface area contributed by atoms with Crippen molar-refractivity contribution in [3.05, 3.63) is 5.53 Å². The van der Waals surface area contributed by atoms with Crippen molar-refractivity contribution >= 4 is 8.56 Å². The molecule has 3 atom stereocenters. The van der Waals surface area contributed by atoms with E-state index < -0.39 is 8.56 Å². The summed E-state index contributed by atoms with van der Waals surface area (Å²) in [5.41, 5.74) is 9.68. The average molecular weight is 300 g/mol. The second-order valence-corrected chi connectivity index (χ2v) is 9.46. The van der Waals surface area contributed by atoms with Crippen molar-refractivity contribution < 1.29 is 18.3 Å². The van der Waals surface area contributed by atoms with Gasteiger partial charge in [-0.3, -0.25) is 0 Å². The van der Waals surface area contributed by atoms with Crippen LogP contribution in [-0.4, -0.2) is 46.4 Å². The van der Waals surface area contributed by atoms with Crippen LogP contribution in [0.25, 0.3) is 5.53 Å². The minimum absolute atomic E-state index is 0.0712. The Morgan fingerprint density at radius 1 is 1.25 bits per heavy atom. The predicted molar refractivity (Wildman–Crippen MR) is 78.9 cm³/mol. The van der Waals surface area contributed by atoms with Crippen LogP contribution in [-0.2, 0) is 13.6 Å². The minimum Gasteiger partial charge on any atom is -0.507 e. The molecule has 2 saturated heterocycles. The van der Waals surface area contributed by atoms with Gasteiger partial charge in [0.2, 0.25) is 0 Å². The van der Waals surface area contributed by atoms with E-state index >= 15 is 0 Å². The van der Waals surface area contributed by atoms with Gasteiger partial charge in [0, 0.05) is 33.5 Å². The monoisotopic (exact) mass is 300 g/mol. The summed E-state index contributed by atoms with van der Waals surface area (Å²) in [6.07, 6.45) is 7.66. The Kier molecular flexibility index (Phi) is 6.13. The summed E-state index contributed by atoms with van der Waals surface area (Å²) in [4.78, 5) is 0. The summed E-state index contributed by atoms with van der Waals surface area (Å²) in [7, 11) is 1.46. The lowest BCUT2D eigenvalue weighted by atomic mass is 10.1. The van der Waals surface area contributed by atoms with Crippen LogP contribution in [0.1, 0.15) is 44.9 Å². The van der Waals surface area contributed by atoms with Crippen LogP contribution in [0.15, 0.2) is 0 Å². The van der Waals surface area contributed by atoms with Crippen LogP contribution in [0.4, 0.5) is 0 Å². The average Bonchev–Trinajstić information content (AvgIpc) is 2.89. The van der Waals surface area contributed by atoms with E-state index in [1.54, 1.807) is 14.2 Å². The molecule has 0 amide bonds. The largest absolute Gasteiger partial charge is 0.507 e. The normalized spacial score (nSPS) is 34.6. The summed E-state index contributed by atoms with van der Waals surface area (Å²) in [6, 6.07) is 2.50. The lowest BCUT2D eigenvalue weighted by Gasteiger charge is -2.37. The van der Waals surface area contributed by atoms with E-state index in [0.717, 1.165) is 63.6 Å². The number of hydrogen-bond acceptors (Lipinski definition) is 3. The smallest absolute Gasteiger partial charge is 0.339 e. The molecular weight excluding hydrogens is 272 g/mol. The first-order valence-electron chi connectivity index (χ1n) is 7.90. The SMILES string of the molecule is COC1CCC[Si](CCCCC2CCC[N+]2=[N-])(OC)O1. The zero-order valence-corrected chi connectivity index (χ0v) is 13.8. The third-order valence-electron chi connectivity index (χ3n) is 4.67. The Balaban J connectivity index is 1.71. The van der Waals surface area contributed by atoms with Gasteiger partial charge in [-0.2, -0.15) is 0 Å². The van der Waals surface area contributed by atoms with Gasteiger partial charge in [0.15, 0.2) is 0 Å². The van der Waals surface area contributed by atoms with E-state index in [4.69, 9.17) is 13.6 Å².